The van der Waals surface area contributed by atoms with Crippen molar-refractivity contribution < 1.29 is 4.42 Å². The van der Waals surface area contributed by atoms with Gasteiger partial charge >= 0.3 is 0 Å². The Morgan fingerprint density at radius 3 is 1.75 bits per heavy atom. The molecule has 0 radical (unpaired) electrons. The number of nitrogens with zero attached hydrogens (tertiary/aromatic N) is 1. The van der Waals surface area contributed by atoms with Crippen LogP contribution in [0.2, 0.25) is 0 Å². The summed E-state index contributed by atoms with van der Waals surface area (Å²) >= 11 is 1.87. The molecular weight excluding hydrogens is 687 g/mol. The standard InChI is InChI=1S/C52H33NOS/c1-3-14-35(15-4-1)41-32-33-46(49-45-21-9-10-27-48(45)54-50(41)49)53(38-30-28-37(29-31-38)40-22-11-19-34-18-7-8-20-39(34)40)47-26-13-25-44-43-24-12-23-42(51(43)55-52(44)47)36-16-5-2-6-17-36/h1-33H. The van der Waals surface area contributed by atoms with Crippen molar-refractivity contribution in [3.8, 4) is 33.4 Å². The second kappa shape index (κ2) is 12.9. The van der Waals surface area contributed by atoms with E-state index in [1.807, 2.05) is 11.3 Å². The van der Waals surface area contributed by atoms with Crippen LogP contribution in [0.1, 0.15) is 0 Å². The van der Waals surface area contributed by atoms with Crippen LogP contribution >= 0.6 is 11.3 Å². The zero-order chi connectivity index (χ0) is 36.3. The Hall–Kier alpha value is -6.94. The van der Waals surface area contributed by atoms with Gasteiger partial charge in [-0.15, -0.1) is 11.3 Å². The summed E-state index contributed by atoms with van der Waals surface area (Å²) in [7, 11) is 0. The molecule has 0 amide bonds. The summed E-state index contributed by atoms with van der Waals surface area (Å²) in [5.41, 5.74) is 12.2. The predicted molar refractivity (Wildman–Crippen MR) is 235 cm³/mol. The largest absolute Gasteiger partial charge is 0.455 e. The number of thiophene rings is 1. The number of furan rings is 1. The van der Waals surface area contributed by atoms with E-state index in [-0.39, 0.29) is 0 Å². The molecule has 11 aromatic rings. The lowest BCUT2D eigenvalue weighted by atomic mass is 9.97. The molecule has 0 aliphatic heterocycles. The fourth-order valence-corrected chi connectivity index (χ4v) is 9.68. The summed E-state index contributed by atoms with van der Waals surface area (Å²) in [6.07, 6.45) is 0. The smallest absolute Gasteiger partial charge is 0.145 e. The molecule has 0 fully saturated rings. The third kappa shape index (κ3) is 5.16. The third-order valence-corrected chi connectivity index (χ3v) is 12.2. The van der Waals surface area contributed by atoms with Gasteiger partial charge in [0.2, 0.25) is 0 Å². The van der Waals surface area contributed by atoms with Crippen molar-refractivity contribution in [1.82, 2.24) is 0 Å². The van der Waals surface area contributed by atoms with E-state index in [4.69, 9.17) is 4.42 Å². The Kier molecular flexibility index (Phi) is 7.39. The van der Waals surface area contributed by atoms with Crippen molar-refractivity contribution in [1.29, 1.82) is 0 Å². The summed E-state index contributed by atoms with van der Waals surface area (Å²) in [6, 6.07) is 72.0. The monoisotopic (exact) mass is 719 g/mol. The Bertz CT molecular complexity index is 3190. The first-order chi connectivity index (χ1) is 27.3. The van der Waals surface area contributed by atoms with E-state index in [0.29, 0.717) is 0 Å². The van der Waals surface area contributed by atoms with Gasteiger partial charge in [-0.2, -0.15) is 0 Å². The first-order valence-electron chi connectivity index (χ1n) is 18.7. The van der Waals surface area contributed by atoms with Crippen molar-refractivity contribution in [2.24, 2.45) is 0 Å². The van der Waals surface area contributed by atoms with E-state index in [9.17, 15) is 0 Å². The van der Waals surface area contributed by atoms with Gasteiger partial charge in [0, 0.05) is 32.1 Å². The van der Waals surface area contributed by atoms with Gasteiger partial charge in [0.25, 0.3) is 0 Å². The van der Waals surface area contributed by atoms with Crippen LogP contribution in [-0.2, 0) is 0 Å². The summed E-state index contributed by atoms with van der Waals surface area (Å²) in [4.78, 5) is 2.45. The topological polar surface area (TPSA) is 16.4 Å². The molecule has 11 rings (SSSR count). The molecule has 2 aromatic heterocycles. The molecule has 55 heavy (non-hydrogen) atoms. The van der Waals surface area contributed by atoms with E-state index in [1.165, 1.54) is 53.2 Å². The molecule has 3 heteroatoms. The van der Waals surface area contributed by atoms with Crippen molar-refractivity contribution in [3.63, 3.8) is 0 Å². The first-order valence-corrected chi connectivity index (χ1v) is 19.5. The third-order valence-electron chi connectivity index (χ3n) is 10.9. The fourth-order valence-electron chi connectivity index (χ4n) is 8.34. The molecule has 0 aliphatic carbocycles. The molecule has 0 atom stereocenters. The number of hydrogen-bond acceptors (Lipinski definition) is 3. The fraction of sp³-hybridized carbons (Fsp3) is 0. The van der Waals surface area contributed by atoms with Gasteiger partial charge in [-0.1, -0.05) is 164 Å². The average Bonchev–Trinajstić information content (AvgIpc) is 3.84. The number of hydrogen-bond donors (Lipinski definition) is 0. The van der Waals surface area contributed by atoms with Crippen LogP contribution in [0, 0.1) is 0 Å². The number of fused-ring (bicyclic) bond motifs is 7. The average molecular weight is 720 g/mol. The molecule has 2 nitrogen and oxygen atoms in total. The normalized spacial score (nSPS) is 11.6. The van der Waals surface area contributed by atoms with Gasteiger partial charge in [0.15, 0.2) is 0 Å². The highest BCUT2D eigenvalue weighted by molar-refractivity contribution is 7.27. The van der Waals surface area contributed by atoms with Crippen LogP contribution in [0.3, 0.4) is 0 Å². The minimum Gasteiger partial charge on any atom is -0.455 e. The van der Waals surface area contributed by atoms with Gasteiger partial charge in [-0.3, -0.25) is 0 Å². The quantitative estimate of drug-likeness (QED) is 0.170. The minimum absolute atomic E-state index is 0.876. The summed E-state index contributed by atoms with van der Waals surface area (Å²) < 4.78 is 9.33. The number of rotatable bonds is 6. The molecule has 9 aromatic carbocycles. The SMILES string of the molecule is c1ccc(-c2ccc(N(c3ccc(-c4cccc5ccccc45)cc3)c3cccc4c3sc3c(-c5ccccc5)cccc34)c3c2oc2ccccc23)cc1. The molecule has 0 saturated carbocycles. The maximum absolute atomic E-state index is 6.79. The van der Waals surface area contributed by atoms with Gasteiger partial charge in [0.05, 0.1) is 21.5 Å². The van der Waals surface area contributed by atoms with Gasteiger partial charge in [0.1, 0.15) is 11.2 Å². The van der Waals surface area contributed by atoms with Crippen LogP contribution in [0.4, 0.5) is 17.1 Å². The zero-order valence-corrected chi connectivity index (χ0v) is 30.6. The lowest BCUT2D eigenvalue weighted by Gasteiger charge is -2.27. The Balaban J connectivity index is 1.19. The van der Waals surface area contributed by atoms with E-state index in [2.05, 4.69) is 205 Å². The molecular formula is C52H33NOS. The van der Waals surface area contributed by atoms with Gasteiger partial charge in [-0.25, -0.2) is 0 Å². The molecule has 0 aliphatic rings. The number of anilines is 3. The second-order valence-corrected chi connectivity index (χ2v) is 15.0. The highest BCUT2D eigenvalue weighted by atomic mass is 32.1. The number of benzene rings is 9. The number of para-hydroxylation sites is 1. The van der Waals surface area contributed by atoms with Crippen LogP contribution in [0.15, 0.2) is 205 Å². The van der Waals surface area contributed by atoms with Crippen LogP contribution < -0.4 is 4.90 Å². The van der Waals surface area contributed by atoms with E-state index in [0.717, 1.165) is 50.1 Å². The van der Waals surface area contributed by atoms with Crippen LogP contribution in [-0.4, -0.2) is 0 Å². The highest BCUT2D eigenvalue weighted by Crippen LogP contribution is 2.50. The summed E-state index contributed by atoms with van der Waals surface area (Å²) in [5, 5.41) is 7.21. The summed E-state index contributed by atoms with van der Waals surface area (Å²) in [6.45, 7) is 0. The second-order valence-electron chi connectivity index (χ2n) is 14.0. The minimum atomic E-state index is 0.876. The Labute approximate surface area is 322 Å². The van der Waals surface area contributed by atoms with E-state index >= 15 is 0 Å². The molecule has 2 heterocycles. The molecule has 0 spiro atoms. The predicted octanol–water partition coefficient (Wildman–Crippen LogP) is 15.6. The van der Waals surface area contributed by atoms with Crippen molar-refractivity contribution in [3.05, 3.63) is 200 Å². The maximum Gasteiger partial charge on any atom is 0.145 e. The van der Waals surface area contributed by atoms with E-state index in [1.54, 1.807) is 0 Å². The lowest BCUT2D eigenvalue weighted by molar-refractivity contribution is 0.670. The molecule has 258 valence electrons. The Morgan fingerprint density at radius 1 is 0.364 bits per heavy atom. The van der Waals surface area contributed by atoms with Crippen molar-refractivity contribution in [2.45, 2.75) is 0 Å². The lowest BCUT2D eigenvalue weighted by Crippen LogP contribution is -2.10. The van der Waals surface area contributed by atoms with Crippen LogP contribution in [0.5, 0.6) is 0 Å². The van der Waals surface area contributed by atoms with Crippen LogP contribution in [0.25, 0.3) is 86.3 Å². The maximum atomic E-state index is 6.79. The molecule has 0 bridgehead atoms. The molecule has 0 saturated heterocycles. The summed E-state index contributed by atoms with van der Waals surface area (Å²) in [5.74, 6) is 0. The first kappa shape index (κ1) is 31.6. The highest BCUT2D eigenvalue weighted by Gasteiger charge is 2.25. The Morgan fingerprint density at radius 2 is 0.945 bits per heavy atom. The van der Waals surface area contributed by atoms with Gasteiger partial charge < -0.3 is 9.32 Å². The van der Waals surface area contributed by atoms with Crippen molar-refractivity contribution >= 4 is 81.3 Å². The van der Waals surface area contributed by atoms with E-state index < -0.39 is 0 Å². The molecule has 0 unspecified atom stereocenters. The zero-order valence-electron chi connectivity index (χ0n) is 29.8. The van der Waals surface area contributed by atoms with Gasteiger partial charge in [-0.05, 0) is 75.0 Å². The van der Waals surface area contributed by atoms with Crippen molar-refractivity contribution in [2.75, 3.05) is 4.90 Å². The molecule has 0 N–H and O–H groups in total.